The maximum atomic E-state index is 13.7. The predicted molar refractivity (Wildman–Crippen MR) is 147 cm³/mol. The smallest absolute Gasteiger partial charge is 0.353 e. The minimum absolute atomic E-state index is 0.0665. The number of allylic oxidation sites excluding steroid dienone is 2. The van der Waals surface area contributed by atoms with Gasteiger partial charge in [0.05, 0.1) is 21.9 Å². The summed E-state index contributed by atoms with van der Waals surface area (Å²) in [6.45, 7) is -0.576. The van der Waals surface area contributed by atoms with Gasteiger partial charge in [0.15, 0.2) is 5.78 Å². The van der Waals surface area contributed by atoms with Gasteiger partial charge in [0, 0.05) is 11.1 Å². The first kappa shape index (κ1) is 26.4. The molecule has 0 spiro atoms. The van der Waals surface area contributed by atoms with E-state index in [1.54, 1.807) is 17.5 Å². The number of rotatable bonds is 7. The van der Waals surface area contributed by atoms with Crippen molar-refractivity contribution in [1.29, 1.82) is 0 Å². The lowest BCUT2D eigenvalue weighted by atomic mass is 9.85. The number of imide groups is 1. The SMILES string of the molecule is O=C(CN(C(=O)c1ccc(Cl)c(Cl)c1)N1C(=O)[C@@H]2[C@@H](C1=O)[C@H]1C=C[C@H]2C1)c1ccc(OC(=O)c2cccs2)cc1. The van der Waals surface area contributed by atoms with Crippen LogP contribution in [-0.4, -0.2) is 46.0 Å². The van der Waals surface area contributed by atoms with E-state index in [2.05, 4.69) is 0 Å². The average molecular weight is 595 g/mol. The highest BCUT2D eigenvalue weighted by Crippen LogP contribution is 2.52. The number of esters is 1. The number of halogens is 2. The number of benzene rings is 2. The number of hydrazine groups is 1. The Morgan fingerprint density at radius 3 is 2.15 bits per heavy atom. The molecule has 8 nitrogen and oxygen atoms in total. The number of fused-ring (bicyclic) bond motifs is 5. The third-order valence-electron chi connectivity index (χ3n) is 7.49. The monoisotopic (exact) mass is 594 g/mol. The van der Waals surface area contributed by atoms with Gasteiger partial charge in [0.25, 0.3) is 17.7 Å². The van der Waals surface area contributed by atoms with Crippen LogP contribution >= 0.6 is 34.5 Å². The molecule has 40 heavy (non-hydrogen) atoms. The van der Waals surface area contributed by atoms with Gasteiger partial charge in [0.2, 0.25) is 0 Å². The van der Waals surface area contributed by atoms with Crippen LogP contribution in [0.25, 0.3) is 0 Å². The molecule has 0 radical (unpaired) electrons. The van der Waals surface area contributed by atoms with E-state index in [9.17, 15) is 24.0 Å². The number of Topliss-reactive ketones (excluding diaryl/α,β-unsaturated/α-hetero) is 1. The molecule has 2 fully saturated rings. The van der Waals surface area contributed by atoms with Crippen LogP contribution < -0.4 is 4.74 Å². The number of amides is 3. The summed E-state index contributed by atoms with van der Waals surface area (Å²) >= 11 is 13.4. The lowest BCUT2D eigenvalue weighted by Gasteiger charge is -2.31. The highest BCUT2D eigenvalue weighted by Gasteiger charge is 2.61. The first-order valence-electron chi connectivity index (χ1n) is 12.4. The summed E-state index contributed by atoms with van der Waals surface area (Å²) in [5.74, 6) is -3.80. The number of carbonyl (C=O) groups is 5. The van der Waals surface area contributed by atoms with E-state index >= 15 is 0 Å². The number of carbonyl (C=O) groups excluding carboxylic acids is 5. The molecule has 1 saturated carbocycles. The Balaban J connectivity index is 1.26. The molecule has 1 aliphatic heterocycles. The zero-order valence-electron chi connectivity index (χ0n) is 20.7. The van der Waals surface area contributed by atoms with Gasteiger partial charge in [0.1, 0.15) is 17.2 Å². The Bertz CT molecular complexity index is 1560. The summed E-state index contributed by atoms with van der Waals surface area (Å²) in [5, 5.41) is 3.83. The van der Waals surface area contributed by atoms with E-state index < -0.39 is 47.9 Å². The van der Waals surface area contributed by atoms with Crippen LogP contribution in [0.5, 0.6) is 5.75 Å². The largest absolute Gasteiger partial charge is 0.422 e. The Labute approximate surface area is 242 Å². The van der Waals surface area contributed by atoms with Gasteiger partial charge in [-0.15, -0.1) is 11.3 Å². The molecule has 3 amide bonds. The Kier molecular flexibility index (Phi) is 6.82. The Hall–Kier alpha value is -3.79. The maximum Gasteiger partial charge on any atom is 0.353 e. The van der Waals surface area contributed by atoms with E-state index in [4.69, 9.17) is 27.9 Å². The molecule has 202 valence electrons. The van der Waals surface area contributed by atoms with Gasteiger partial charge in [-0.3, -0.25) is 19.2 Å². The molecular weight excluding hydrogens is 575 g/mol. The van der Waals surface area contributed by atoms with Gasteiger partial charge < -0.3 is 4.74 Å². The van der Waals surface area contributed by atoms with Crippen molar-refractivity contribution in [1.82, 2.24) is 10.0 Å². The van der Waals surface area contributed by atoms with Crippen LogP contribution in [0.2, 0.25) is 10.0 Å². The Morgan fingerprint density at radius 2 is 1.55 bits per heavy atom. The van der Waals surface area contributed by atoms with Gasteiger partial charge in [-0.1, -0.05) is 41.4 Å². The number of hydrogen-bond acceptors (Lipinski definition) is 7. The van der Waals surface area contributed by atoms with Gasteiger partial charge >= 0.3 is 5.97 Å². The quantitative estimate of drug-likeness (QED) is 0.121. The zero-order valence-corrected chi connectivity index (χ0v) is 23.0. The molecule has 1 aromatic heterocycles. The summed E-state index contributed by atoms with van der Waals surface area (Å²) in [7, 11) is 0. The van der Waals surface area contributed by atoms with E-state index in [1.807, 2.05) is 12.2 Å². The summed E-state index contributed by atoms with van der Waals surface area (Å²) in [6, 6.07) is 13.4. The Morgan fingerprint density at radius 1 is 0.900 bits per heavy atom. The van der Waals surface area contributed by atoms with Crippen LogP contribution in [0.4, 0.5) is 0 Å². The lowest BCUT2D eigenvalue weighted by molar-refractivity contribution is -0.154. The second-order valence-corrected chi connectivity index (χ2v) is 11.6. The summed E-state index contributed by atoms with van der Waals surface area (Å²) in [4.78, 5) is 66.8. The first-order valence-corrected chi connectivity index (χ1v) is 14.1. The highest BCUT2D eigenvalue weighted by atomic mass is 35.5. The molecule has 6 rings (SSSR count). The molecule has 11 heteroatoms. The van der Waals surface area contributed by atoms with Crippen molar-refractivity contribution in [2.75, 3.05) is 6.54 Å². The number of ketones is 1. The molecule has 2 aromatic carbocycles. The van der Waals surface area contributed by atoms with Crippen molar-refractivity contribution in [3.8, 4) is 5.75 Å². The molecule has 3 aromatic rings. The number of thiophene rings is 1. The van der Waals surface area contributed by atoms with E-state index in [1.165, 1.54) is 53.8 Å². The summed E-state index contributed by atoms with van der Waals surface area (Å²) in [6.07, 6.45) is 4.62. The molecule has 2 heterocycles. The fourth-order valence-corrected chi connectivity index (χ4v) is 6.52. The second kappa shape index (κ2) is 10.3. The van der Waals surface area contributed by atoms with E-state index in [0.29, 0.717) is 4.88 Å². The standard InChI is InChI=1S/C29H20Cl2N2O6S/c30-20-10-7-18(13-21(20)31)26(35)32(33-27(36)24-16-3-4-17(12-16)25(24)28(33)37)14-22(34)15-5-8-19(9-6-15)39-29(38)23-2-1-11-40-23/h1-11,13,16-17,24-25H,12,14H2/t16-,17-,24-,25-/m0/s1. The van der Waals surface area contributed by atoms with Crippen LogP contribution in [-0.2, 0) is 9.59 Å². The van der Waals surface area contributed by atoms with Crippen LogP contribution in [0.15, 0.2) is 72.1 Å². The van der Waals surface area contributed by atoms with Crippen LogP contribution in [0, 0.1) is 23.7 Å². The van der Waals surface area contributed by atoms with E-state index in [-0.39, 0.29) is 38.8 Å². The first-order chi connectivity index (χ1) is 19.2. The maximum absolute atomic E-state index is 13.7. The van der Waals surface area contributed by atoms with Crippen LogP contribution in [0.3, 0.4) is 0 Å². The minimum Gasteiger partial charge on any atom is -0.422 e. The summed E-state index contributed by atoms with van der Waals surface area (Å²) < 4.78 is 5.34. The van der Waals surface area contributed by atoms with Gasteiger partial charge in [-0.25, -0.2) is 9.80 Å². The lowest BCUT2D eigenvalue weighted by Crippen LogP contribution is -2.52. The average Bonchev–Trinajstić information content (AvgIpc) is 3.75. The highest BCUT2D eigenvalue weighted by molar-refractivity contribution is 7.12. The molecule has 1 saturated heterocycles. The number of hydrogen-bond donors (Lipinski definition) is 0. The predicted octanol–water partition coefficient (Wildman–Crippen LogP) is 5.32. The zero-order chi connectivity index (χ0) is 28.1. The van der Waals surface area contributed by atoms with E-state index in [0.717, 1.165) is 16.4 Å². The molecule has 3 aliphatic rings. The molecular formula is C29H20Cl2N2O6S. The molecule has 0 N–H and O–H groups in total. The second-order valence-electron chi connectivity index (χ2n) is 9.79. The van der Waals surface area contributed by atoms with Crippen LogP contribution in [0.1, 0.15) is 36.8 Å². The third-order valence-corrected chi connectivity index (χ3v) is 9.08. The van der Waals surface area contributed by atoms with Gasteiger partial charge in [-0.2, -0.15) is 5.01 Å². The molecule has 2 bridgehead atoms. The van der Waals surface area contributed by atoms with Gasteiger partial charge in [-0.05, 0) is 72.2 Å². The van der Waals surface area contributed by atoms with Crippen molar-refractivity contribution in [2.24, 2.45) is 23.7 Å². The third kappa shape index (κ3) is 4.54. The minimum atomic E-state index is -0.740. The van der Waals surface area contributed by atoms with Crippen molar-refractivity contribution < 1.29 is 28.7 Å². The number of ether oxygens (including phenoxy) is 1. The van der Waals surface area contributed by atoms with Crippen molar-refractivity contribution in [2.45, 2.75) is 6.42 Å². The van der Waals surface area contributed by atoms with Crippen molar-refractivity contribution in [3.63, 3.8) is 0 Å². The van der Waals surface area contributed by atoms with Crippen molar-refractivity contribution >= 4 is 64.0 Å². The summed E-state index contributed by atoms with van der Waals surface area (Å²) in [5.41, 5.74) is 0.265. The topological polar surface area (TPSA) is 101 Å². The molecule has 0 unspecified atom stereocenters. The normalized spacial score (nSPS) is 22.5. The fourth-order valence-electron chi connectivity index (χ4n) is 5.62. The molecule has 2 aliphatic carbocycles. The number of nitrogens with zero attached hydrogens (tertiary/aromatic N) is 2. The fraction of sp³-hybridized carbons (Fsp3) is 0.207. The molecule has 4 atom stereocenters. The van der Waals surface area contributed by atoms with Crippen molar-refractivity contribution in [3.05, 3.63) is 98.2 Å².